The van der Waals surface area contributed by atoms with Crippen LogP contribution in [0.2, 0.25) is 5.02 Å². The lowest BCUT2D eigenvalue weighted by Gasteiger charge is -2.15. The molecule has 0 saturated carbocycles. The molecule has 0 spiro atoms. The van der Waals surface area contributed by atoms with E-state index in [1.165, 1.54) is 11.3 Å². The van der Waals surface area contributed by atoms with Crippen molar-refractivity contribution in [1.29, 1.82) is 0 Å². The van der Waals surface area contributed by atoms with E-state index in [0.29, 0.717) is 21.3 Å². The first-order valence-corrected chi connectivity index (χ1v) is 9.27. The Labute approximate surface area is 167 Å². The molecule has 3 rings (SSSR count). The van der Waals surface area contributed by atoms with Gasteiger partial charge in [-0.25, -0.2) is 18.6 Å². The van der Waals surface area contributed by atoms with Gasteiger partial charge in [-0.3, -0.25) is 4.79 Å². The fraction of sp³-hybridized carbons (Fsp3) is 0.105. The SMILES string of the molecule is O=C(Cc1csc(-c2ccccc2Cl)n1)NC(C(=O)O)c1cc(F)ccc1F. The van der Waals surface area contributed by atoms with E-state index in [-0.39, 0.29) is 6.42 Å². The van der Waals surface area contributed by atoms with Gasteiger partial charge in [0, 0.05) is 16.5 Å². The minimum Gasteiger partial charge on any atom is -0.479 e. The molecule has 2 N–H and O–H groups in total. The standard InChI is InChI=1S/C19H13ClF2N2O3S/c20-14-4-2-1-3-12(14)18-23-11(9-28-18)8-16(25)24-17(19(26)27)13-7-10(21)5-6-15(13)22/h1-7,9,17H,8H2,(H,24,25)(H,26,27). The molecule has 144 valence electrons. The number of amides is 1. The Morgan fingerprint density at radius 3 is 2.68 bits per heavy atom. The van der Waals surface area contributed by atoms with E-state index in [9.17, 15) is 23.5 Å². The zero-order chi connectivity index (χ0) is 20.3. The van der Waals surface area contributed by atoms with Crippen LogP contribution in [0.4, 0.5) is 8.78 Å². The number of halogens is 3. The van der Waals surface area contributed by atoms with E-state index in [1.807, 2.05) is 0 Å². The molecule has 3 aromatic rings. The van der Waals surface area contributed by atoms with E-state index in [2.05, 4.69) is 10.3 Å². The molecular formula is C19H13ClF2N2O3S. The summed E-state index contributed by atoms with van der Waals surface area (Å²) in [6, 6.07) is 7.80. The lowest BCUT2D eigenvalue weighted by molar-refractivity contribution is -0.142. The highest BCUT2D eigenvalue weighted by Crippen LogP contribution is 2.30. The number of rotatable bonds is 6. The Bertz CT molecular complexity index is 1040. The van der Waals surface area contributed by atoms with Crippen LogP contribution in [0.1, 0.15) is 17.3 Å². The summed E-state index contributed by atoms with van der Waals surface area (Å²) in [4.78, 5) is 28.0. The van der Waals surface area contributed by atoms with E-state index < -0.39 is 35.1 Å². The monoisotopic (exact) mass is 422 g/mol. The highest BCUT2D eigenvalue weighted by atomic mass is 35.5. The molecule has 5 nitrogen and oxygen atoms in total. The first kappa shape index (κ1) is 19.9. The minimum absolute atomic E-state index is 0.221. The molecule has 1 heterocycles. The summed E-state index contributed by atoms with van der Waals surface area (Å²) in [6.45, 7) is 0. The molecule has 0 radical (unpaired) electrons. The van der Waals surface area contributed by atoms with Crippen molar-refractivity contribution < 1.29 is 23.5 Å². The number of nitrogens with zero attached hydrogens (tertiary/aromatic N) is 1. The minimum atomic E-state index is -1.72. The molecule has 2 aromatic carbocycles. The number of aromatic nitrogens is 1. The molecule has 1 aromatic heterocycles. The molecule has 1 amide bonds. The van der Waals surface area contributed by atoms with Crippen molar-refractivity contribution >= 4 is 34.8 Å². The van der Waals surface area contributed by atoms with Crippen molar-refractivity contribution in [3.63, 3.8) is 0 Å². The second-order valence-electron chi connectivity index (χ2n) is 5.81. The Kier molecular flexibility index (Phi) is 6.01. The van der Waals surface area contributed by atoms with Gasteiger partial charge in [0.2, 0.25) is 5.91 Å². The third-order valence-electron chi connectivity index (χ3n) is 3.82. The van der Waals surface area contributed by atoms with Crippen LogP contribution in [0, 0.1) is 11.6 Å². The summed E-state index contributed by atoms with van der Waals surface area (Å²) < 4.78 is 27.2. The van der Waals surface area contributed by atoms with Crippen molar-refractivity contribution in [1.82, 2.24) is 10.3 Å². The maximum absolute atomic E-state index is 13.9. The number of carboxylic acids is 1. The molecular weight excluding hydrogens is 410 g/mol. The van der Waals surface area contributed by atoms with E-state index >= 15 is 0 Å². The highest BCUT2D eigenvalue weighted by Gasteiger charge is 2.26. The van der Waals surface area contributed by atoms with Gasteiger partial charge >= 0.3 is 5.97 Å². The number of carboxylic acid groups (broad SMARTS) is 1. The fourth-order valence-electron chi connectivity index (χ4n) is 2.53. The maximum atomic E-state index is 13.9. The molecule has 9 heteroatoms. The van der Waals surface area contributed by atoms with Gasteiger partial charge < -0.3 is 10.4 Å². The molecule has 1 atom stereocenters. The van der Waals surface area contributed by atoms with Gasteiger partial charge in [-0.1, -0.05) is 29.8 Å². The number of hydrogen-bond donors (Lipinski definition) is 2. The zero-order valence-corrected chi connectivity index (χ0v) is 15.7. The Morgan fingerprint density at radius 1 is 1.21 bits per heavy atom. The maximum Gasteiger partial charge on any atom is 0.331 e. The van der Waals surface area contributed by atoms with Crippen LogP contribution in [0.3, 0.4) is 0 Å². The average Bonchev–Trinajstić information content (AvgIpc) is 3.10. The molecule has 0 aliphatic rings. The lowest BCUT2D eigenvalue weighted by Crippen LogP contribution is -2.35. The van der Waals surface area contributed by atoms with Crippen molar-refractivity contribution in [2.24, 2.45) is 0 Å². The zero-order valence-electron chi connectivity index (χ0n) is 14.2. The number of carbonyl (C=O) groups excluding carboxylic acids is 1. The second kappa shape index (κ2) is 8.45. The number of thiazole rings is 1. The fourth-order valence-corrected chi connectivity index (χ4v) is 3.67. The lowest BCUT2D eigenvalue weighted by atomic mass is 10.1. The molecule has 0 aliphatic heterocycles. The van der Waals surface area contributed by atoms with Crippen LogP contribution in [0.25, 0.3) is 10.6 Å². The normalized spacial score (nSPS) is 11.8. The largest absolute Gasteiger partial charge is 0.479 e. The van der Waals surface area contributed by atoms with Crippen molar-refractivity contribution in [3.8, 4) is 10.6 Å². The third kappa shape index (κ3) is 4.52. The second-order valence-corrected chi connectivity index (χ2v) is 7.07. The first-order valence-electron chi connectivity index (χ1n) is 8.01. The molecule has 0 saturated heterocycles. The number of aliphatic carboxylic acids is 1. The van der Waals surface area contributed by atoms with Crippen molar-refractivity contribution in [3.05, 3.63) is 75.8 Å². The summed E-state index contributed by atoms with van der Waals surface area (Å²) in [5.74, 6) is -3.93. The number of benzene rings is 2. The summed E-state index contributed by atoms with van der Waals surface area (Å²) in [5.41, 5.74) is 0.656. The molecule has 0 fully saturated rings. The van der Waals surface area contributed by atoms with Crippen LogP contribution in [-0.2, 0) is 16.0 Å². The van der Waals surface area contributed by atoms with Crippen LogP contribution < -0.4 is 5.32 Å². The van der Waals surface area contributed by atoms with Crippen LogP contribution in [0.15, 0.2) is 47.8 Å². The highest BCUT2D eigenvalue weighted by molar-refractivity contribution is 7.13. The molecule has 1 unspecified atom stereocenters. The van der Waals surface area contributed by atoms with Gasteiger partial charge in [-0.2, -0.15) is 0 Å². The molecule has 0 aliphatic carbocycles. The van der Waals surface area contributed by atoms with Gasteiger partial charge in [0.15, 0.2) is 6.04 Å². The number of hydrogen-bond acceptors (Lipinski definition) is 4. The Hall–Kier alpha value is -2.84. The number of carbonyl (C=O) groups is 2. The van der Waals surface area contributed by atoms with E-state index in [1.54, 1.807) is 29.6 Å². The van der Waals surface area contributed by atoms with Gasteiger partial charge in [-0.05, 0) is 24.3 Å². The summed E-state index contributed by atoms with van der Waals surface area (Å²) >= 11 is 7.41. The predicted molar refractivity (Wildman–Crippen MR) is 101 cm³/mol. The average molecular weight is 423 g/mol. The third-order valence-corrected chi connectivity index (χ3v) is 5.07. The van der Waals surface area contributed by atoms with Gasteiger partial charge in [0.1, 0.15) is 16.6 Å². The van der Waals surface area contributed by atoms with Crippen LogP contribution in [-0.4, -0.2) is 22.0 Å². The van der Waals surface area contributed by atoms with Crippen LogP contribution in [0.5, 0.6) is 0 Å². The predicted octanol–water partition coefficient (Wildman–Crippen LogP) is 4.23. The van der Waals surface area contributed by atoms with E-state index in [0.717, 1.165) is 18.2 Å². The van der Waals surface area contributed by atoms with Crippen molar-refractivity contribution in [2.45, 2.75) is 12.5 Å². The summed E-state index contributed by atoms with van der Waals surface area (Å²) in [6.07, 6.45) is -0.221. The molecule has 28 heavy (non-hydrogen) atoms. The quantitative estimate of drug-likeness (QED) is 0.623. The van der Waals surface area contributed by atoms with Crippen LogP contribution >= 0.6 is 22.9 Å². The number of nitrogens with one attached hydrogen (secondary N) is 1. The summed E-state index contributed by atoms with van der Waals surface area (Å²) in [7, 11) is 0. The van der Waals surface area contributed by atoms with Gasteiger partial charge in [0.25, 0.3) is 0 Å². The Balaban J connectivity index is 1.75. The van der Waals surface area contributed by atoms with Crippen molar-refractivity contribution in [2.75, 3.05) is 0 Å². The topological polar surface area (TPSA) is 79.3 Å². The summed E-state index contributed by atoms with van der Waals surface area (Å²) in [5, 5.41) is 14.3. The van der Waals surface area contributed by atoms with E-state index in [4.69, 9.17) is 11.6 Å². The smallest absolute Gasteiger partial charge is 0.331 e. The van der Waals surface area contributed by atoms with Gasteiger partial charge in [0.05, 0.1) is 17.1 Å². The molecule has 0 bridgehead atoms. The van der Waals surface area contributed by atoms with Gasteiger partial charge in [-0.15, -0.1) is 11.3 Å². The first-order chi connectivity index (χ1) is 13.3. The Morgan fingerprint density at radius 2 is 1.96 bits per heavy atom.